The van der Waals surface area contributed by atoms with E-state index in [1.165, 1.54) is 0 Å². The van der Waals surface area contributed by atoms with Gasteiger partial charge in [0.05, 0.1) is 24.6 Å². The van der Waals surface area contributed by atoms with E-state index in [9.17, 15) is 0 Å². The molecule has 0 aliphatic carbocycles. The Bertz CT molecular complexity index is 628. The number of furan rings is 1. The molecule has 2 heterocycles. The van der Waals surface area contributed by atoms with E-state index in [0.29, 0.717) is 5.75 Å². The van der Waals surface area contributed by atoms with Gasteiger partial charge in [-0.2, -0.15) is 0 Å². The molecule has 0 spiro atoms. The summed E-state index contributed by atoms with van der Waals surface area (Å²) in [7, 11) is 1.23. The Kier molecular flexibility index (Phi) is 2.89. The van der Waals surface area contributed by atoms with Gasteiger partial charge < -0.3 is 18.5 Å². The molecule has 0 radical (unpaired) electrons. The largest absolute Gasteiger partial charge is 0.495 e. The molecule has 1 aliphatic heterocycles. The van der Waals surface area contributed by atoms with Crippen LogP contribution in [0.25, 0.3) is 11.0 Å². The molecular weight excluding hydrogens is 255 g/mol. The average Bonchev–Trinajstić information content (AvgIpc) is 2.91. The van der Waals surface area contributed by atoms with E-state index in [-0.39, 0.29) is 11.2 Å². The standard InChI is InChI=1S/C15H19BO4/c1-14(2)15(3,4)20-16(19-14)11-6-7-12(17-5)13-10(11)8-9-18-13/h6-9H,1-5H3. The maximum absolute atomic E-state index is 6.10. The molecule has 3 rings (SSSR count). The van der Waals surface area contributed by atoms with Gasteiger partial charge in [-0.3, -0.25) is 0 Å². The predicted molar refractivity (Wildman–Crippen MR) is 78.5 cm³/mol. The number of ether oxygens (including phenoxy) is 1. The molecule has 1 aromatic carbocycles. The van der Waals surface area contributed by atoms with Gasteiger partial charge in [-0.25, -0.2) is 0 Å². The second-order valence-electron chi connectivity index (χ2n) is 6.11. The minimum absolute atomic E-state index is 0.354. The van der Waals surface area contributed by atoms with E-state index in [1.807, 2.05) is 45.9 Å². The van der Waals surface area contributed by atoms with E-state index < -0.39 is 7.12 Å². The number of methoxy groups -OCH3 is 1. The van der Waals surface area contributed by atoms with Crippen LogP contribution >= 0.6 is 0 Å². The fourth-order valence-corrected chi connectivity index (χ4v) is 2.39. The molecular formula is C15H19BO4. The minimum Gasteiger partial charge on any atom is -0.493 e. The summed E-state index contributed by atoms with van der Waals surface area (Å²) in [5, 5.41) is 0.961. The van der Waals surface area contributed by atoms with E-state index in [1.54, 1.807) is 13.4 Å². The maximum atomic E-state index is 6.10. The van der Waals surface area contributed by atoms with E-state index in [0.717, 1.165) is 16.4 Å². The molecule has 0 unspecified atom stereocenters. The van der Waals surface area contributed by atoms with Crippen LogP contribution in [0.3, 0.4) is 0 Å². The third kappa shape index (κ3) is 1.85. The molecule has 1 aromatic heterocycles. The Balaban J connectivity index is 2.07. The first-order chi connectivity index (χ1) is 9.36. The Morgan fingerprint density at radius 2 is 1.65 bits per heavy atom. The van der Waals surface area contributed by atoms with Crippen molar-refractivity contribution in [2.75, 3.05) is 7.11 Å². The minimum atomic E-state index is -0.397. The van der Waals surface area contributed by atoms with Gasteiger partial charge >= 0.3 is 7.12 Å². The molecule has 1 fully saturated rings. The van der Waals surface area contributed by atoms with E-state index in [4.69, 9.17) is 18.5 Å². The van der Waals surface area contributed by atoms with Crippen LogP contribution in [0.15, 0.2) is 28.9 Å². The number of rotatable bonds is 2. The van der Waals surface area contributed by atoms with Crippen molar-refractivity contribution < 1.29 is 18.5 Å². The molecule has 0 amide bonds. The van der Waals surface area contributed by atoms with Gasteiger partial charge in [0.25, 0.3) is 0 Å². The van der Waals surface area contributed by atoms with Crippen molar-refractivity contribution in [2.24, 2.45) is 0 Å². The summed E-state index contributed by atoms with van der Waals surface area (Å²) >= 11 is 0. The first-order valence-corrected chi connectivity index (χ1v) is 6.75. The van der Waals surface area contributed by atoms with Crippen molar-refractivity contribution in [1.82, 2.24) is 0 Å². The second-order valence-corrected chi connectivity index (χ2v) is 6.11. The quantitative estimate of drug-likeness (QED) is 0.789. The Hall–Kier alpha value is -1.46. The van der Waals surface area contributed by atoms with E-state index in [2.05, 4.69) is 0 Å². The zero-order valence-electron chi connectivity index (χ0n) is 12.5. The van der Waals surface area contributed by atoms with Crippen molar-refractivity contribution in [3.05, 3.63) is 24.5 Å². The fraction of sp³-hybridized carbons (Fsp3) is 0.467. The summed E-state index contributed by atoms with van der Waals surface area (Å²) in [6, 6.07) is 5.77. The van der Waals surface area contributed by atoms with Gasteiger partial charge in [0.15, 0.2) is 11.3 Å². The van der Waals surface area contributed by atoms with Gasteiger partial charge in [-0.05, 0) is 45.3 Å². The zero-order chi connectivity index (χ0) is 14.5. The molecule has 0 atom stereocenters. The van der Waals surface area contributed by atoms with Crippen LogP contribution in [0.2, 0.25) is 0 Å². The van der Waals surface area contributed by atoms with Gasteiger partial charge in [-0.15, -0.1) is 0 Å². The molecule has 1 aliphatic rings. The highest BCUT2D eigenvalue weighted by Gasteiger charge is 2.52. The summed E-state index contributed by atoms with van der Waals surface area (Å²) in [5.74, 6) is 0.713. The fourth-order valence-electron chi connectivity index (χ4n) is 2.39. The van der Waals surface area contributed by atoms with Crippen LogP contribution in [0, 0.1) is 0 Å². The molecule has 5 heteroatoms. The van der Waals surface area contributed by atoms with Crippen LogP contribution in [-0.2, 0) is 9.31 Å². The SMILES string of the molecule is COc1ccc(B2OC(C)(C)C(C)(C)O2)c2ccoc12. The molecule has 0 bridgehead atoms. The van der Waals surface area contributed by atoms with Crippen LogP contribution < -0.4 is 10.2 Å². The summed E-state index contributed by atoms with van der Waals surface area (Å²) in [4.78, 5) is 0. The van der Waals surface area contributed by atoms with Gasteiger partial charge in [0.1, 0.15) is 0 Å². The number of hydrogen-bond donors (Lipinski definition) is 0. The molecule has 0 N–H and O–H groups in total. The first-order valence-electron chi connectivity index (χ1n) is 6.75. The van der Waals surface area contributed by atoms with Crippen molar-refractivity contribution in [3.8, 4) is 5.75 Å². The Labute approximate surface area is 119 Å². The lowest BCUT2D eigenvalue weighted by molar-refractivity contribution is 0.00578. The predicted octanol–water partition coefficient (Wildman–Crippen LogP) is 2.74. The number of benzene rings is 1. The summed E-state index contributed by atoms with van der Waals surface area (Å²) in [5.41, 5.74) is 0.981. The highest BCUT2D eigenvalue weighted by molar-refractivity contribution is 6.65. The molecule has 2 aromatic rings. The van der Waals surface area contributed by atoms with Crippen molar-refractivity contribution in [3.63, 3.8) is 0 Å². The summed E-state index contributed by atoms with van der Waals surface area (Å²) in [6.07, 6.45) is 1.65. The van der Waals surface area contributed by atoms with Crippen LogP contribution in [0.1, 0.15) is 27.7 Å². The van der Waals surface area contributed by atoms with Crippen molar-refractivity contribution >= 4 is 23.6 Å². The summed E-state index contributed by atoms with van der Waals surface area (Å²) < 4.78 is 23.0. The maximum Gasteiger partial charge on any atom is 0.495 e. The van der Waals surface area contributed by atoms with Crippen molar-refractivity contribution in [2.45, 2.75) is 38.9 Å². The van der Waals surface area contributed by atoms with Gasteiger partial charge in [-0.1, -0.05) is 6.07 Å². The molecule has 106 valence electrons. The first kappa shape index (κ1) is 13.5. The number of hydrogen-bond acceptors (Lipinski definition) is 4. The lowest BCUT2D eigenvalue weighted by Crippen LogP contribution is -2.41. The van der Waals surface area contributed by atoms with E-state index >= 15 is 0 Å². The van der Waals surface area contributed by atoms with Crippen molar-refractivity contribution in [1.29, 1.82) is 0 Å². The number of fused-ring (bicyclic) bond motifs is 1. The third-order valence-electron chi connectivity index (χ3n) is 4.34. The topological polar surface area (TPSA) is 40.8 Å². The smallest absolute Gasteiger partial charge is 0.493 e. The lowest BCUT2D eigenvalue weighted by atomic mass is 9.77. The molecule has 4 nitrogen and oxygen atoms in total. The third-order valence-corrected chi connectivity index (χ3v) is 4.34. The molecule has 1 saturated heterocycles. The second kappa shape index (κ2) is 4.27. The lowest BCUT2D eigenvalue weighted by Gasteiger charge is -2.32. The molecule has 0 saturated carbocycles. The van der Waals surface area contributed by atoms with Crippen LogP contribution in [0.5, 0.6) is 5.75 Å². The van der Waals surface area contributed by atoms with Gasteiger partial charge in [0.2, 0.25) is 0 Å². The highest BCUT2D eigenvalue weighted by Crippen LogP contribution is 2.37. The van der Waals surface area contributed by atoms with Crippen LogP contribution in [0.4, 0.5) is 0 Å². The summed E-state index contributed by atoms with van der Waals surface area (Å²) in [6.45, 7) is 8.18. The molecule has 20 heavy (non-hydrogen) atoms. The normalized spacial score (nSPS) is 20.6. The van der Waals surface area contributed by atoms with Gasteiger partial charge in [0, 0.05) is 5.39 Å². The zero-order valence-corrected chi connectivity index (χ0v) is 12.5. The highest BCUT2D eigenvalue weighted by atomic mass is 16.7. The van der Waals surface area contributed by atoms with Crippen LogP contribution in [-0.4, -0.2) is 25.4 Å². The Morgan fingerprint density at radius 1 is 1.00 bits per heavy atom. The Morgan fingerprint density at radius 3 is 2.25 bits per heavy atom. The monoisotopic (exact) mass is 274 g/mol. The average molecular weight is 274 g/mol.